The van der Waals surface area contributed by atoms with Crippen LogP contribution in [0.3, 0.4) is 0 Å². The summed E-state index contributed by atoms with van der Waals surface area (Å²) >= 11 is 0. The molecule has 0 radical (unpaired) electrons. The highest BCUT2D eigenvalue weighted by molar-refractivity contribution is 14.0. The Bertz CT molecular complexity index is 820. The second-order valence-corrected chi connectivity index (χ2v) is 11.2. The number of aliphatic imine (C=N–C) groups is 1. The predicted molar refractivity (Wildman–Crippen MR) is 143 cm³/mol. The SMILES string of the molecule is CCS(=O)(=O)N1CCC(NC(=NC)NCC2(NC(C)c3ccccc3)CCCC2)CC1.I. The molecule has 1 aliphatic heterocycles. The van der Waals surface area contributed by atoms with Gasteiger partial charge in [-0.2, -0.15) is 0 Å². The molecule has 1 saturated carbocycles. The Kier molecular flexibility index (Phi) is 10.7. The van der Waals surface area contributed by atoms with E-state index in [1.165, 1.54) is 18.4 Å². The molecule has 1 saturated heterocycles. The highest BCUT2D eigenvalue weighted by Crippen LogP contribution is 2.31. The number of hydrogen-bond donors (Lipinski definition) is 3. The smallest absolute Gasteiger partial charge is 0.213 e. The lowest BCUT2D eigenvalue weighted by Crippen LogP contribution is -2.56. The molecule has 0 amide bonds. The van der Waals surface area contributed by atoms with E-state index in [2.05, 4.69) is 58.2 Å². The molecule has 1 aliphatic carbocycles. The van der Waals surface area contributed by atoms with Crippen LogP contribution in [0.2, 0.25) is 0 Å². The van der Waals surface area contributed by atoms with E-state index in [0.29, 0.717) is 19.1 Å². The highest BCUT2D eigenvalue weighted by atomic mass is 127. The van der Waals surface area contributed by atoms with Crippen molar-refractivity contribution >= 4 is 40.0 Å². The Morgan fingerprint density at radius 1 is 1.19 bits per heavy atom. The van der Waals surface area contributed by atoms with Gasteiger partial charge in [-0.15, -0.1) is 24.0 Å². The van der Waals surface area contributed by atoms with Crippen LogP contribution in [0, 0.1) is 0 Å². The third kappa shape index (κ3) is 7.30. The first-order valence-electron chi connectivity index (χ1n) is 11.6. The zero-order valence-electron chi connectivity index (χ0n) is 19.6. The Balaban J connectivity index is 0.00000363. The van der Waals surface area contributed by atoms with Gasteiger partial charge in [-0.3, -0.25) is 4.99 Å². The van der Waals surface area contributed by atoms with E-state index in [0.717, 1.165) is 38.2 Å². The zero-order valence-corrected chi connectivity index (χ0v) is 22.8. The van der Waals surface area contributed by atoms with Crippen LogP contribution < -0.4 is 16.0 Å². The lowest BCUT2D eigenvalue weighted by Gasteiger charge is -2.36. The summed E-state index contributed by atoms with van der Waals surface area (Å²) in [5.74, 6) is 0.974. The fourth-order valence-electron chi connectivity index (χ4n) is 4.81. The van der Waals surface area contributed by atoms with Crippen molar-refractivity contribution in [2.24, 2.45) is 4.99 Å². The Hall–Kier alpha value is -0.910. The average Bonchev–Trinajstić information content (AvgIpc) is 3.26. The molecule has 2 fully saturated rings. The molecule has 1 heterocycles. The fourth-order valence-corrected chi connectivity index (χ4v) is 5.94. The van der Waals surface area contributed by atoms with E-state index in [1.807, 2.05) is 0 Å². The van der Waals surface area contributed by atoms with Crippen molar-refractivity contribution in [1.29, 1.82) is 0 Å². The number of rotatable bonds is 8. The van der Waals surface area contributed by atoms with Crippen LogP contribution in [0.15, 0.2) is 35.3 Å². The maximum absolute atomic E-state index is 12.1. The summed E-state index contributed by atoms with van der Waals surface area (Å²) in [5, 5.41) is 11.0. The topological polar surface area (TPSA) is 85.8 Å². The van der Waals surface area contributed by atoms with E-state index in [4.69, 9.17) is 0 Å². The zero-order chi connectivity index (χ0) is 22.3. The molecule has 1 unspecified atom stereocenters. The lowest BCUT2D eigenvalue weighted by atomic mass is 9.94. The van der Waals surface area contributed by atoms with Crippen LogP contribution in [0.25, 0.3) is 0 Å². The number of guanidine groups is 1. The average molecular weight is 578 g/mol. The Morgan fingerprint density at radius 3 is 2.38 bits per heavy atom. The van der Waals surface area contributed by atoms with Crippen LogP contribution in [-0.4, -0.2) is 62.7 Å². The molecule has 3 rings (SSSR count). The number of halogens is 1. The van der Waals surface area contributed by atoms with Gasteiger partial charge in [-0.1, -0.05) is 43.2 Å². The largest absolute Gasteiger partial charge is 0.355 e. The number of benzene rings is 1. The van der Waals surface area contributed by atoms with Gasteiger partial charge in [0, 0.05) is 44.3 Å². The van der Waals surface area contributed by atoms with Crippen LogP contribution >= 0.6 is 24.0 Å². The summed E-state index contributed by atoms with van der Waals surface area (Å²) in [6.07, 6.45) is 6.39. The number of nitrogens with one attached hydrogen (secondary N) is 3. The van der Waals surface area contributed by atoms with Gasteiger partial charge in [0.1, 0.15) is 0 Å². The van der Waals surface area contributed by atoms with Crippen molar-refractivity contribution in [1.82, 2.24) is 20.3 Å². The molecular weight excluding hydrogens is 537 g/mol. The van der Waals surface area contributed by atoms with E-state index < -0.39 is 10.0 Å². The van der Waals surface area contributed by atoms with E-state index >= 15 is 0 Å². The van der Waals surface area contributed by atoms with Crippen molar-refractivity contribution in [2.75, 3.05) is 32.4 Å². The van der Waals surface area contributed by atoms with Crippen LogP contribution in [0.1, 0.15) is 64.0 Å². The summed E-state index contributed by atoms with van der Waals surface area (Å²) in [6.45, 7) is 5.92. The molecule has 1 aromatic rings. The number of hydrogen-bond acceptors (Lipinski definition) is 4. The molecule has 2 aliphatic rings. The molecule has 32 heavy (non-hydrogen) atoms. The van der Waals surface area contributed by atoms with Gasteiger partial charge in [0.2, 0.25) is 10.0 Å². The normalized spacial score (nSPS) is 21.0. The molecule has 0 bridgehead atoms. The van der Waals surface area contributed by atoms with Gasteiger partial charge < -0.3 is 16.0 Å². The van der Waals surface area contributed by atoms with Crippen LogP contribution in [-0.2, 0) is 10.0 Å². The Labute approximate surface area is 211 Å². The summed E-state index contributed by atoms with van der Waals surface area (Å²) in [5.41, 5.74) is 1.37. The van der Waals surface area contributed by atoms with Crippen molar-refractivity contribution < 1.29 is 8.42 Å². The summed E-state index contributed by atoms with van der Waals surface area (Å²) in [7, 11) is -1.29. The molecule has 9 heteroatoms. The lowest BCUT2D eigenvalue weighted by molar-refractivity contribution is 0.291. The molecule has 0 spiro atoms. The van der Waals surface area contributed by atoms with Gasteiger partial charge in [0.25, 0.3) is 0 Å². The molecule has 0 aromatic heterocycles. The van der Waals surface area contributed by atoms with E-state index in [1.54, 1.807) is 18.3 Å². The maximum atomic E-state index is 12.1. The molecule has 7 nitrogen and oxygen atoms in total. The maximum Gasteiger partial charge on any atom is 0.213 e. The molecule has 182 valence electrons. The van der Waals surface area contributed by atoms with E-state index in [9.17, 15) is 8.42 Å². The number of piperidine rings is 1. The minimum Gasteiger partial charge on any atom is -0.355 e. The highest BCUT2D eigenvalue weighted by Gasteiger charge is 2.35. The van der Waals surface area contributed by atoms with Crippen molar-refractivity contribution in [3.8, 4) is 0 Å². The third-order valence-corrected chi connectivity index (χ3v) is 8.64. The van der Waals surface area contributed by atoms with Crippen molar-refractivity contribution in [3.05, 3.63) is 35.9 Å². The summed E-state index contributed by atoms with van der Waals surface area (Å²) in [4.78, 5) is 4.43. The first-order chi connectivity index (χ1) is 14.9. The molecule has 3 N–H and O–H groups in total. The second kappa shape index (κ2) is 12.5. The number of sulfonamides is 1. The summed E-state index contributed by atoms with van der Waals surface area (Å²) < 4.78 is 25.8. The first kappa shape index (κ1) is 27.3. The monoisotopic (exact) mass is 577 g/mol. The minimum atomic E-state index is -3.09. The number of nitrogens with zero attached hydrogens (tertiary/aromatic N) is 2. The Morgan fingerprint density at radius 2 is 1.81 bits per heavy atom. The van der Waals surface area contributed by atoms with Gasteiger partial charge in [0.05, 0.1) is 5.75 Å². The standard InChI is InChI=1S/C23H39N5O2S.HI/c1-4-31(29,30)28-16-12-21(13-17-28)26-22(24-3)25-18-23(14-8-9-15-23)27-19(2)20-10-6-5-7-11-20;/h5-7,10-11,19,21,27H,4,8-9,12-18H2,1-3H3,(H2,24,25,26);1H. The summed E-state index contributed by atoms with van der Waals surface area (Å²) in [6, 6.07) is 11.1. The van der Waals surface area contributed by atoms with Crippen LogP contribution in [0.4, 0.5) is 0 Å². The first-order valence-corrected chi connectivity index (χ1v) is 13.3. The van der Waals surface area contributed by atoms with Crippen molar-refractivity contribution in [2.45, 2.75) is 70.0 Å². The van der Waals surface area contributed by atoms with Gasteiger partial charge in [0.15, 0.2) is 5.96 Å². The van der Waals surface area contributed by atoms with Crippen LogP contribution in [0.5, 0.6) is 0 Å². The molecule has 1 aromatic carbocycles. The quantitative estimate of drug-likeness (QED) is 0.251. The third-order valence-electron chi connectivity index (χ3n) is 6.75. The molecular formula is C23H40IN5O2S. The van der Waals surface area contributed by atoms with E-state index in [-0.39, 0.29) is 41.3 Å². The second-order valence-electron chi connectivity index (χ2n) is 8.91. The fraction of sp³-hybridized carbons (Fsp3) is 0.696. The molecule has 1 atom stereocenters. The van der Waals surface area contributed by atoms with Crippen molar-refractivity contribution in [3.63, 3.8) is 0 Å². The van der Waals surface area contributed by atoms with Gasteiger partial charge >= 0.3 is 0 Å². The predicted octanol–water partition coefficient (Wildman–Crippen LogP) is 3.25. The van der Waals surface area contributed by atoms with Gasteiger partial charge in [-0.25, -0.2) is 12.7 Å². The minimum absolute atomic E-state index is 0. The van der Waals surface area contributed by atoms with Gasteiger partial charge in [-0.05, 0) is 45.1 Å².